The highest BCUT2D eigenvalue weighted by molar-refractivity contribution is 7.88. The Morgan fingerprint density at radius 1 is 1.17 bits per heavy atom. The number of urea groups is 1. The summed E-state index contributed by atoms with van der Waals surface area (Å²) in [6.07, 6.45) is 4.03. The molecular weight excluding hydrogens is 316 g/mol. The number of hydrogen-bond donors (Lipinski definition) is 1. The number of piperidine rings is 1. The maximum atomic E-state index is 12.2. The second-order valence-electron chi connectivity index (χ2n) is 7.09. The average Bonchev–Trinajstić information content (AvgIpc) is 2.89. The first-order chi connectivity index (χ1) is 10.8. The van der Waals surface area contributed by atoms with Crippen LogP contribution in [0.15, 0.2) is 0 Å². The Morgan fingerprint density at radius 2 is 1.78 bits per heavy atom. The predicted molar refractivity (Wildman–Crippen MR) is 90.8 cm³/mol. The summed E-state index contributed by atoms with van der Waals surface area (Å²) in [4.78, 5) is 16.2. The molecule has 23 heavy (non-hydrogen) atoms. The number of amides is 2. The van der Waals surface area contributed by atoms with Crippen LogP contribution in [-0.2, 0) is 10.0 Å². The van der Waals surface area contributed by atoms with Crippen molar-refractivity contribution in [2.45, 2.75) is 19.3 Å². The summed E-state index contributed by atoms with van der Waals surface area (Å²) < 4.78 is 24.5. The van der Waals surface area contributed by atoms with Gasteiger partial charge in [0.1, 0.15) is 0 Å². The van der Waals surface area contributed by atoms with E-state index in [-0.39, 0.29) is 6.03 Å². The van der Waals surface area contributed by atoms with Gasteiger partial charge in [0.05, 0.1) is 6.26 Å². The van der Waals surface area contributed by atoms with E-state index >= 15 is 0 Å². The summed E-state index contributed by atoms with van der Waals surface area (Å²) in [5.74, 6) is 0.928. The number of nitrogens with one attached hydrogen (secondary N) is 1. The Morgan fingerprint density at radius 3 is 2.30 bits per heavy atom. The molecule has 2 saturated heterocycles. The summed E-state index contributed by atoms with van der Waals surface area (Å²) in [6, 6.07) is -0.0231. The zero-order valence-corrected chi connectivity index (χ0v) is 15.3. The molecule has 2 amide bonds. The van der Waals surface area contributed by atoms with Gasteiger partial charge in [0, 0.05) is 39.8 Å². The Labute approximate surface area is 140 Å². The Balaban J connectivity index is 1.66. The van der Waals surface area contributed by atoms with Crippen LogP contribution >= 0.6 is 0 Å². The fourth-order valence-electron chi connectivity index (χ4n) is 3.46. The van der Waals surface area contributed by atoms with E-state index in [1.807, 2.05) is 7.05 Å². The van der Waals surface area contributed by atoms with Gasteiger partial charge >= 0.3 is 6.03 Å². The number of sulfonamides is 1. The highest BCUT2D eigenvalue weighted by Gasteiger charge is 2.26. The third kappa shape index (κ3) is 5.61. The monoisotopic (exact) mass is 346 g/mol. The molecule has 7 nitrogen and oxygen atoms in total. The van der Waals surface area contributed by atoms with Crippen LogP contribution in [-0.4, -0.2) is 88.2 Å². The molecule has 0 radical (unpaired) electrons. The Kier molecular flexibility index (Phi) is 6.27. The molecular formula is C15H30N4O3S. The molecule has 134 valence electrons. The minimum Gasteiger partial charge on any atom is -0.338 e. The van der Waals surface area contributed by atoms with Gasteiger partial charge in [-0.15, -0.1) is 0 Å². The fraction of sp³-hybridized carbons (Fsp3) is 0.933. The third-order valence-corrected chi connectivity index (χ3v) is 6.26. The molecule has 2 aliphatic rings. The molecule has 0 saturated carbocycles. The van der Waals surface area contributed by atoms with Crippen LogP contribution in [0, 0.1) is 11.8 Å². The van der Waals surface area contributed by atoms with Crippen molar-refractivity contribution in [3.8, 4) is 0 Å². The average molecular weight is 346 g/mol. The molecule has 0 spiro atoms. The topological polar surface area (TPSA) is 73.0 Å². The summed E-state index contributed by atoms with van der Waals surface area (Å²) in [7, 11) is 0.883. The summed E-state index contributed by atoms with van der Waals surface area (Å²) in [6.45, 7) is 4.71. The van der Waals surface area contributed by atoms with Crippen molar-refractivity contribution in [1.29, 1.82) is 0 Å². The quantitative estimate of drug-likeness (QED) is 0.775. The van der Waals surface area contributed by atoms with Crippen molar-refractivity contribution < 1.29 is 13.2 Å². The zero-order chi connectivity index (χ0) is 17.0. The van der Waals surface area contributed by atoms with Crippen LogP contribution in [0.5, 0.6) is 0 Å². The molecule has 1 N–H and O–H groups in total. The van der Waals surface area contributed by atoms with Crippen LogP contribution in [0.1, 0.15) is 19.3 Å². The van der Waals surface area contributed by atoms with Gasteiger partial charge in [0.2, 0.25) is 10.0 Å². The van der Waals surface area contributed by atoms with E-state index in [9.17, 15) is 13.2 Å². The number of carbonyl (C=O) groups excluding carboxylic acids is 1. The first-order valence-electron chi connectivity index (χ1n) is 8.38. The molecule has 2 fully saturated rings. The normalized spacial score (nSPS) is 24.7. The fourth-order valence-corrected chi connectivity index (χ4v) is 4.33. The molecule has 0 aromatic heterocycles. The molecule has 2 rings (SSSR count). The molecule has 0 unspecified atom stereocenters. The van der Waals surface area contributed by atoms with E-state index in [2.05, 4.69) is 17.3 Å². The third-order valence-electron chi connectivity index (χ3n) is 4.95. The lowest BCUT2D eigenvalue weighted by Gasteiger charge is -2.30. The lowest BCUT2D eigenvalue weighted by atomic mass is 9.98. The van der Waals surface area contributed by atoms with Gasteiger partial charge in [0.25, 0.3) is 0 Å². The van der Waals surface area contributed by atoms with Crippen molar-refractivity contribution in [3.05, 3.63) is 0 Å². The maximum Gasteiger partial charge on any atom is 0.317 e. The number of nitrogens with zero attached hydrogens (tertiary/aromatic N) is 3. The molecule has 0 aromatic carbocycles. The summed E-state index contributed by atoms with van der Waals surface area (Å²) >= 11 is 0. The maximum absolute atomic E-state index is 12.2. The van der Waals surface area contributed by atoms with Crippen LogP contribution in [0.25, 0.3) is 0 Å². The molecule has 1 atom stereocenters. The Hall–Kier alpha value is -0.860. The van der Waals surface area contributed by atoms with E-state index in [1.54, 1.807) is 4.90 Å². The lowest BCUT2D eigenvalue weighted by molar-refractivity contribution is 0.194. The largest absolute Gasteiger partial charge is 0.338 e. The molecule has 0 aromatic rings. The van der Waals surface area contributed by atoms with Crippen molar-refractivity contribution >= 4 is 16.1 Å². The first-order valence-corrected chi connectivity index (χ1v) is 10.2. The van der Waals surface area contributed by atoms with Gasteiger partial charge in [-0.3, -0.25) is 0 Å². The van der Waals surface area contributed by atoms with Gasteiger partial charge in [-0.05, 0) is 44.7 Å². The number of hydrogen-bond acceptors (Lipinski definition) is 4. The summed E-state index contributed by atoms with van der Waals surface area (Å²) in [5, 5.41) is 3.00. The van der Waals surface area contributed by atoms with Crippen LogP contribution in [0.2, 0.25) is 0 Å². The number of rotatable bonds is 5. The molecule has 0 bridgehead atoms. The number of carbonyl (C=O) groups is 1. The van der Waals surface area contributed by atoms with E-state index in [1.165, 1.54) is 10.6 Å². The highest BCUT2D eigenvalue weighted by Crippen LogP contribution is 2.19. The van der Waals surface area contributed by atoms with Gasteiger partial charge in [-0.25, -0.2) is 17.5 Å². The van der Waals surface area contributed by atoms with Crippen molar-refractivity contribution in [1.82, 2.24) is 19.4 Å². The van der Waals surface area contributed by atoms with Gasteiger partial charge in [-0.1, -0.05) is 0 Å². The SMILES string of the molecule is CN1CC[C@H](CN(C)C(=O)NCC2CCN(S(C)(=O)=O)CC2)C1. The van der Waals surface area contributed by atoms with E-state index in [0.717, 1.165) is 38.9 Å². The van der Waals surface area contributed by atoms with Crippen LogP contribution in [0.4, 0.5) is 4.79 Å². The zero-order valence-electron chi connectivity index (χ0n) is 14.5. The van der Waals surface area contributed by atoms with Crippen LogP contribution < -0.4 is 5.32 Å². The molecule has 2 heterocycles. The first kappa shape index (κ1) is 18.5. The minimum absolute atomic E-state index is 0.0231. The molecule has 0 aliphatic carbocycles. The highest BCUT2D eigenvalue weighted by atomic mass is 32.2. The van der Waals surface area contributed by atoms with E-state index in [4.69, 9.17) is 0 Å². The molecule has 8 heteroatoms. The predicted octanol–water partition coefficient (Wildman–Crippen LogP) is 0.251. The van der Waals surface area contributed by atoms with Crippen LogP contribution in [0.3, 0.4) is 0 Å². The van der Waals surface area contributed by atoms with Gasteiger partial charge in [0.15, 0.2) is 0 Å². The number of likely N-dealkylation sites (tertiary alicyclic amines) is 1. The van der Waals surface area contributed by atoms with Crippen molar-refractivity contribution in [3.63, 3.8) is 0 Å². The van der Waals surface area contributed by atoms with Crippen molar-refractivity contribution in [2.75, 3.05) is 59.6 Å². The lowest BCUT2D eigenvalue weighted by Crippen LogP contribution is -2.44. The van der Waals surface area contributed by atoms with Crippen molar-refractivity contribution in [2.24, 2.45) is 11.8 Å². The Bertz CT molecular complexity index is 503. The van der Waals surface area contributed by atoms with E-state index in [0.29, 0.717) is 31.5 Å². The van der Waals surface area contributed by atoms with Gasteiger partial charge < -0.3 is 15.1 Å². The second kappa shape index (κ2) is 7.81. The van der Waals surface area contributed by atoms with E-state index < -0.39 is 10.0 Å². The standard InChI is InChI=1S/C15H30N4O3S/c1-17-7-4-14(11-17)12-18(2)15(20)16-10-13-5-8-19(9-6-13)23(3,21)22/h13-14H,4-12H2,1-3H3,(H,16,20)/t14-/m0/s1. The minimum atomic E-state index is -3.08. The summed E-state index contributed by atoms with van der Waals surface area (Å²) in [5.41, 5.74) is 0. The smallest absolute Gasteiger partial charge is 0.317 e. The second-order valence-corrected chi connectivity index (χ2v) is 9.07. The van der Waals surface area contributed by atoms with Gasteiger partial charge in [-0.2, -0.15) is 0 Å². The molecule has 2 aliphatic heterocycles.